The van der Waals surface area contributed by atoms with E-state index in [0.29, 0.717) is 45.5 Å². The molecule has 0 saturated heterocycles. The highest BCUT2D eigenvalue weighted by atomic mass is 35.5. The summed E-state index contributed by atoms with van der Waals surface area (Å²) in [5.74, 6) is -0.0822. The summed E-state index contributed by atoms with van der Waals surface area (Å²) in [6.07, 6.45) is 1.62. The van der Waals surface area contributed by atoms with Gasteiger partial charge in [0.1, 0.15) is 12.4 Å². The molecule has 0 saturated carbocycles. The summed E-state index contributed by atoms with van der Waals surface area (Å²) in [7, 11) is 0. The lowest BCUT2D eigenvalue weighted by Crippen LogP contribution is -2.03. The number of rotatable bonds is 6. The summed E-state index contributed by atoms with van der Waals surface area (Å²) in [6, 6.07) is 9.48. The van der Waals surface area contributed by atoms with Crippen molar-refractivity contribution in [1.82, 2.24) is 0 Å². The van der Waals surface area contributed by atoms with Gasteiger partial charge in [0.15, 0.2) is 11.5 Å². The van der Waals surface area contributed by atoms with Gasteiger partial charge in [0.25, 0.3) is 0 Å². The summed E-state index contributed by atoms with van der Waals surface area (Å²) in [5, 5.41) is 3.95. The van der Waals surface area contributed by atoms with Crippen LogP contribution in [-0.2, 0) is 16.2 Å². The van der Waals surface area contributed by atoms with Gasteiger partial charge in [0, 0.05) is 0 Å². The van der Waals surface area contributed by atoms with Crippen LogP contribution < -0.4 is 9.47 Å². The van der Waals surface area contributed by atoms with E-state index >= 15 is 0 Å². The van der Waals surface area contributed by atoms with Crippen LogP contribution in [0.25, 0.3) is 6.08 Å². The minimum Gasteiger partial charge on any atom is -0.490 e. The maximum atomic E-state index is 13.3. The maximum absolute atomic E-state index is 13.3. The molecule has 7 heteroatoms. The molecule has 0 radical (unpaired) electrons. The van der Waals surface area contributed by atoms with E-state index in [1.165, 1.54) is 12.1 Å². The number of carbonyl (C=O) groups excluding carboxylic acids is 1. The second-order valence-electron chi connectivity index (χ2n) is 5.80. The first-order valence-corrected chi connectivity index (χ1v) is 8.67. The molecular weight excluding hydrogens is 373 g/mol. The highest BCUT2D eigenvalue weighted by molar-refractivity contribution is 6.32. The molecule has 2 aromatic carbocycles. The third-order valence-electron chi connectivity index (χ3n) is 3.79. The van der Waals surface area contributed by atoms with Crippen molar-refractivity contribution in [3.05, 3.63) is 63.9 Å². The van der Waals surface area contributed by atoms with E-state index < -0.39 is 5.97 Å². The molecule has 0 atom stereocenters. The number of nitrogens with zero attached hydrogens (tertiary/aromatic N) is 1. The fourth-order valence-electron chi connectivity index (χ4n) is 2.54. The number of halogens is 2. The van der Waals surface area contributed by atoms with Gasteiger partial charge in [0.2, 0.25) is 0 Å². The predicted molar refractivity (Wildman–Crippen MR) is 101 cm³/mol. The SMILES string of the molecule is CCOc1cc(/C=C2\C(=O)ON=C2C)cc(Cl)c1OCc1cccc(F)c1. The van der Waals surface area contributed by atoms with Crippen molar-refractivity contribution >= 4 is 29.4 Å². The third kappa shape index (κ3) is 4.46. The summed E-state index contributed by atoms with van der Waals surface area (Å²) in [4.78, 5) is 16.4. The lowest BCUT2D eigenvalue weighted by atomic mass is 10.1. The van der Waals surface area contributed by atoms with Crippen LogP contribution in [0.3, 0.4) is 0 Å². The van der Waals surface area contributed by atoms with Crippen molar-refractivity contribution in [3.8, 4) is 11.5 Å². The zero-order valence-corrected chi connectivity index (χ0v) is 15.5. The van der Waals surface area contributed by atoms with Gasteiger partial charge in [-0.3, -0.25) is 0 Å². The number of benzene rings is 2. The van der Waals surface area contributed by atoms with Gasteiger partial charge in [-0.2, -0.15) is 0 Å². The minimum absolute atomic E-state index is 0.135. The molecule has 0 aliphatic carbocycles. The number of hydrogen-bond donors (Lipinski definition) is 0. The van der Waals surface area contributed by atoms with Crippen molar-refractivity contribution in [3.63, 3.8) is 0 Å². The summed E-state index contributed by atoms with van der Waals surface area (Å²) in [5.41, 5.74) is 2.15. The molecule has 0 amide bonds. The Kier molecular flexibility index (Phi) is 5.76. The smallest absolute Gasteiger partial charge is 0.367 e. The third-order valence-corrected chi connectivity index (χ3v) is 4.07. The first-order chi connectivity index (χ1) is 13.0. The van der Waals surface area contributed by atoms with E-state index in [2.05, 4.69) is 9.99 Å². The van der Waals surface area contributed by atoms with E-state index in [0.717, 1.165) is 0 Å². The molecule has 0 bridgehead atoms. The molecular formula is C20H17ClFNO4. The molecule has 140 valence electrons. The quantitative estimate of drug-likeness (QED) is 0.527. The minimum atomic E-state index is -0.520. The predicted octanol–water partition coefficient (Wildman–Crippen LogP) is 4.77. The van der Waals surface area contributed by atoms with E-state index in [9.17, 15) is 9.18 Å². The molecule has 3 rings (SSSR count). The van der Waals surface area contributed by atoms with Gasteiger partial charge in [-0.25, -0.2) is 9.18 Å². The van der Waals surface area contributed by atoms with Crippen LogP contribution >= 0.6 is 11.6 Å². The average Bonchev–Trinajstić information content (AvgIpc) is 2.93. The topological polar surface area (TPSA) is 57.1 Å². The maximum Gasteiger partial charge on any atom is 0.367 e. The molecule has 0 fully saturated rings. The van der Waals surface area contributed by atoms with Crippen LogP contribution in [0.1, 0.15) is 25.0 Å². The summed E-state index contributed by atoms with van der Waals surface area (Å²) in [6.45, 7) is 4.05. The first-order valence-electron chi connectivity index (χ1n) is 8.29. The Bertz CT molecular complexity index is 940. The lowest BCUT2D eigenvalue weighted by molar-refractivity contribution is -0.136. The molecule has 5 nitrogen and oxygen atoms in total. The lowest BCUT2D eigenvalue weighted by Gasteiger charge is -2.15. The highest BCUT2D eigenvalue weighted by Gasteiger charge is 2.22. The highest BCUT2D eigenvalue weighted by Crippen LogP contribution is 2.38. The normalized spacial score (nSPS) is 14.9. The largest absolute Gasteiger partial charge is 0.490 e. The number of oxime groups is 1. The van der Waals surface area contributed by atoms with Crippen LogP contribution in [0.4, 0.5) is 4.39 Å². The van der Waals surface area contributed by atoms with Crippen molar-refractivity contribution < 1.29 is 23.5 Å². The Morgan fingerprint density at radius 1 is 1.26 bits per heavy atom. The molecule has 2 aromatic rings. The number of ether oxygens (including phenoxy) is 2. The second-order valence-corrected chi connectivity index (χ2v) is 6.20. The monoisotopic (exact) mass is 389 g/mol. The Morgan fingerprint density at radius 2 is 2.07 bits per heavy atom. The van der Waals surface area contributed by atoms with Crippen LogP contribution in [0.2, 0.25) is 5.02 Å². The van der Waals surface area contributed by atoms with Crippen molar-refractivity contribution in [1.29, 1.82) is 0 Å². The zero-order chi connectivity index (χ0) is 19.4. The average molecular weight is 390 g/mol. The fourth-order valence-corrected chi connectivity index (χ4v) is 2.82. The Morgan fingerprint density at radius 3 is 2.74 bits per heavy atom. The van der Waals surface area contributed by atoms with Crippen LogP contribution in [0.5, 0.6) is 11.5 Å². The van der Waals surface area contributed by atoms with Gasteiger partial charge in [-0.1, -0.05) is 28.9 Å². The Balaban J connectivity index is 1.89. The van der Waals surface area contributed by atoms with Gasteiger partial charge in [-0.15, -0.1) is 0 Å². The van der Waals surface area contributed by atoms with Crippen molar-refractivity contribution in [2.45, 2.75) is 20.5 Å². The van der Waals surface area contributed by atoms with Gasteiger partial charge < -0.3 is 14.3 Å². The van der Waals surface area contributed by atoms with Crippen molar-refractivity contribution in [2.24, 2.45) is 5.16 Å². The molecule has 1 aliphatic rings. The molecule has 1 heterocycles. The zero-order valence-electron chi connectivity index (χ0n) is 14.8. The van der Waals surface area contributed by atoms with Crippen molar-refractivity contribution in [2.75, 3.05) is 6.61 Å². The Labute approximate surface area is 161 Å². The second kappa shape index (κ2) is 8.22. The first kappa shape index (κ1) is 18.9. The van der Waals surface area contributed by atoms with Crippen LogP contribution in [0, 0.1) is 5.82 Å². The molecule has 0 unspecified atom stereocenters. The summed E-state index contributed by atoms with van der Waals surface area (Å²) < 4.78 is 24.7. The molecule has 0 N–H and O–H groups in total. The van der Waals surface area contributed by atoms with Gasteiger partial charge in [-0.05, 0) is 55.3 Å². The summed E-state index contributed by atoms with van der Waals surface area (Å²) >= 11 is 6.37. The van der Waals surface area contributed by atoms with E-state index in [-0.39, 0.29) is 12.4 Å². The molecule has 0 aromatic heterocycles. The van der Waals surface area contributed by atoms with Crippen LogP contribution in [0.15, 0.2) is 47.1 Å². The van der Waals surface area contributed by atoms with Crippen LogP contribution in [-0.4, -0.2) is 18.3 Å². The van der Waals surface area contributed by atoms with Gasteiger partial charge in [0.05, 0.1) is 22.9 Å². The van der Waals surface area contributed by atoms with E-state index in [4.69, 9.17) is 21.1 Å². The number of hydrogen-bond acceptors (Lipinski definition) is 5. The van der Waals surface area contributed by atoms with Gasteiger partial charge >= 0.3 is 5.97 Å². The Hall–Kier alpha value is -2.86. The standard InChI is InChI=1S/C20H17ClFNO4/c1-3-25-18-10-14(8-16-12(2)23-27-20(16)24)9-17(21)19(18)26-11-13-5-4-6-15(22)7-13/h4-10H,3,11H2,1-2H3/b16-8-. The van der Waals surface area contributed by atoms with E-state index in [1.807, 2.05) is 6.92 Å². The molecule has 0 spiro atoms. The molecule has 1 aliphatic heterocycles. The molecule has 27 heavy (non-hydrogen) atoms. The fraction of sp³-hybridized carbons (Fsp3) is 0.200. The number of carbonyl (C=O) groups is 1. The van der Waals surface area contributed by atoms with E-state index in [1.54, 1.807) is 37.3 Å².